The van der Waals surface area contributed by atoms with Crippen LogP contribution in [0.2, 0.25) is 0 Å². The number of benzene rings is 1. The minimum atomic E-state index is -4.04. The van der Waals surface area contributed by atoms with E-state index in [4.69, 9.17) is 5.73 Å². The van der Waals surface area contributed by atoms with Gasteiger partial charge in [-0.2, -0.15) is 0 Å². The Hall–Kier alpha value is -1.51. The molecule has 0 radical (unpaired) electrons. The molecule has 0 spiro atoms. The van der Waals surface area contributed by atoms with E-state index in [0.29, 0.717) is 10.2 Å². The van der Waals surface area contributed by atoms with Crippen molar-refractivity contribution in [3.8, 4) is 0 Å². The molecule has 0 aliphatic carbocycles. The third-order valence-electron chi connectivity index (χ3n) is 2.80. The van der Waals surface area contributed by atoms with Gasteiger partial charge in [-0.15, -0.1) is 0 Å². The summed E-state index contributed by atoms with van der Waals surface area (Å²) in [4.78, 5) is 3.56. The molecule has 21 heavy (non-hydrogen) atoms. The minimum absolute atomic E-state index is 0.141. The molecule has 1 atom stereocenters. The lowest BCUT2D eigenvalue weighted by atomic mass is 10.2. The molecule has 112 valence electrons. The number of halogens is 2. The predicted octanol–water partition coefficient (Wildman–Crippen LogP) is 2.60. The number of anilines is 1. The van der Waals surface area contributed by atoms with Crippen molar-refractivity contribution >= 4 is 31.6 Å². The number of hydrogen-bond acceptors (Lipinski definition) is 4. The number of aromatic nitrogens is 1. The highest BCUT2D eigenvalue weighted by molar-refractivity contribution is 9.10. The van der Waals surface area contributed by atoms with Gasteiger partial charge < -0.3 is 5.73 Å². The highest BCUT2D eigenvalue weighted by Crippen LogP contribution is 2.26. The van der Waals surface area contributed by atoms with Crippen molar-refractivity contribution in [3.63, 3.8) is 0 Å². The number of rotatable bonds is 4. The molecule has 8 heteroatoms. The number of nitrogens with one attached hydrogen (secondary N) is 1. The molecular weight excluding hydrogens is 361 g/mol. The van der Waals surface area contributed by atoms with Gasteiger partial charge >= 0.3 is 0 Å². The molecule has 2 aromatic rings. The fourth-order valence-corrected chi connectivity index (χ4v) is 3.37. The normalized spacial score (nSPS) is 13.1. The fraction of sp³-hybridized carbons (Fsp3) is 0.154. The van der Waals surface area contributed by atoms with Crippen LogP contribution < -0.4 is 10.5 Å². The van der Waals surface area contributed by atoms with Crippen molar-refractivity contribution in [2.45, 2.75) is 17.9 Å². The SMILES string of the molecule is CC(NS(=O)(=O)c1cc(N)c(Br)cc1F)c1ccccn1. The second-order valence-electron chi connectivity index (χ2n) is 4.40. The average molecular weight is 374 g/mol. The molecule has 0 fully saturated rings. The van der Waals surface area contributed by atoms with Crippen molar-refractivity contribution in [3.05, 3.63) is 52.5 Å². The summed E-state index contributed by atoms with van der Waals surface area (Å²) in [7, 11) is -4.04. The van der Waals surface area contributed by atoms with Gasteiger partial charge in [0.1, 0.15) is 10.7 Å². The molecule has 3 N–H and O–H groups in total. The summed E-state index contributed by atoms with van der Waals surface area (Å²) in [5.74, 6) is -0.878. The van der Waals surface area contributed by atoms with E-state index in [1.165, 1.54) is 0 Å². The highest BCUT2D eigenvalue weighted by atomic mass is 79.9. The van der Waals surface area contributed by atoms with Gasteiger partial charge in [0.15, 0.2) is 0 Å². The quantitative estimate of drug-likeness (QED) is 0.806. The molecule has 1 heterocycles. The summed E-state index contributed by atoms with van der Waals surface area (Å²) in [5.41, 5.74) is 6.28. The van der Waals surface area contributed by atoms with Gasteiger partial charge in [-0.25, -0.2) is 17.5 Å². The van der Waals surface area contributed by atoms with Crippen LogP contribution >= 0.6 is 15.9 Å². The van der Waals surface area contributed by atoms with Gasteiger partial charge in [0.05, 0.1) is 11.7 Å². The van der Waals surface area contributed by atoms with E-state index in [2.05, 4.69) is 25.6 Å². The summed E-state index contributed by atoms with van der Waals surface area (Å²) < 4.78 is 41.0. The Morgan fingerprint density at radius 3 is 2.71 bits per heavy atom. The third-order valence-corrected chi connectivity index (χ3v) is 5.05. The van der Waals surface area contributed by atoms with E-state index in [-0.39, 0.29) is 5.69 Å². The molecule has 0 amide bonds. The summed E-state index contributed by atoms with van der Waals surface area (Å²) in [6.07, 6.45) is 1.55. The van der Waals surface area contributed by atoms with Crippen molar-refractivity contribution in [1.29, 1.82) is 0 Å². The zero-order valence-corrected chi connectivity index (χ0v) is 13.4. The van der Waals surface area contributed by atoms with Crippen LogP contribution in [0.15, 0.2) is 45.9 Å². The Kier molecular flexibility index (Phi) is 4.60. The first-order chi connectivity index (χ1) is 9.81. The number of nitrogen functional groups attached to an aromatic ring is 1. The van der Waals surface area contributed by atoms with E-state index in [0.717, 1.165) is 12.1 Å². The van der Waals surface area contributed by atoms with Gasteiger partial charge in [0, 0.05) is 16.4 Å². The van der Waals surface area contributed by atoms with E-state index in [1.54, 1.807) is 31.3 Å². The van der Waals surface area contributed by atoms with Crippen LogP contribution in [-0.4, -0.2) is 13.4 Å². The van der Waals surface area contributed by atoms with Crippen LogP contribution in [0.25, 0.3) is 0 Å². The largest absolute Gasteiger partial charge is 0.398 e. The molecule has 2 rings (SSSR count). The van der Waals surface area contributed by atoms with Crippen LogP contribution in [0, 0.1) is 5.82 Å². The summed E-state index contributed by atoms with van der Waals surface area (Å²) in [5, 5.41) is 0. The minimum Gasteiger partial charge on any atom is -0.398 e. The van der Waals surface area contributed by atoms with Gasteiger partial charge in [0.25, 0.3) is 0 Å². The number of pyridine rings is 1. The smallest absolute Gasteiger partial charge is 0.244 e. The second kappa shape index (κ2) is 6.08. The summed E-state index contributed by atoms with van der Waals surface area (Å²) in [6, 6.07) is 6.65. The average Bonchev–Trinajstić information content (AvgIpc) is 2.43. The number of hydrogen-bond donors (Lipinski definition) is 2. The topological polar surface area (TPSA) is 85.1 Å². The third kappa shape index (κ3) is 3.58. The number of nitrogens with zero attached hydrogens (tertiary/aromatic N) is 1. The zero-order valence-electron chi connectivity index (χ0n) is 11.0. The van der Waals surface area contributed by atoms with Crippen molar-refractivity contribution in [2.24, 2.45) is 0 Å². The molecular formula is C13H13BrFN3O2S. The molecule has 0 aliphatic rings. The number of nitrogens with two attached hydrogens (primary N) is 1. The zero-order chi connectivity index (χ0) is 15.6. The van der Waals surface area contributed by atoms with Crippen LogP contribution in [0.3, 0.4) is 0 Å². The molecule has 0 bridgehead atoms. The van der Waals surface area contributed by atoms with Crippen molar-refractivity contribution in [2.75, 3.05) is 5.73 Å². The van der Waals surface area contributed by atoms with E-state index in [9.17, 15) is 12.8 Å². The van der Waals surface area contributed by atoms with E-state index < -0.39 is 26.8 Å². The monoisotopic (exact) mass is 373 g/mol. The van der Waals surface area contributed by atoms with Crippen LogP contribution in [0.4, 0.5) is 10.1 Å². The number of sulfonamides is 1. The lowest BCUT2D eigenvalue weighted by molar-refractivity contribution is 0.545. The van der Waals surface area contributed by atoms with E-state index in [1.807, 2.05) is 0 Å². The highest BCUT2D eigenvalue weighted by Gasteiger charge is 2.23. The molecule has 1 aromatic heterocycles. The standard InChI is InChI=1S/C13H13BrFN3O2S/c1-8(12-4-2-3-5-17-12)18-21(19,20)13-7-11(16)9(14)6-10(13)15/h2-8,18H,16H2,1H3. The summed E-state index contributed by atoms with van der Waals surface area (Å²) in [6.45, 7) is 1.63. The lowest BCUT2D eigenvalue weighted by Crippen LogP contribution is -2.28. The van der Waals surface area contributed by atoms with Crippen LogP contribution in [0.5, 0.6) is 0 Å². The molecule has 1 unspecified atom stereocenters. The Labute approximate surface area is 130 Å². The first-order valence-electron chi connectivity index (χ1n) is 5.99. The van der Waals surface area contributed by atoms with Gasteiger partial charge in [0.2, 0.25) is 10.0 Å². The fourth-order valence-electron chi connectivity index (χ4n) is 1.74. The lowest BCUT2D eigenvalue weighted by Gasteiger charge is -2.14. The molecule has 1 aromatic carbocycles. The molecule has 0 aliphatic heterocycles. The predicted molar refractivity (Wildman–Crippen MR) is 81.5 cm³/mol. The maximum absolute atomic E-state index is 13.9. The van der Waals surface area contributed by atoms with Crippen LogP contribution in [-0.2, 0) is 10.0 Å². The Bertz CT molecular complexity index is 754. The maximum atomic E-state index is 13.9. The summed E-state index contributed by atoms with van der Waals surface area (Å²) >= 11 is 3.04. The van der Waals surface area contributed by atoms with Gasteiger partial charge in [-0.3, -0.25) is 4.98 Å². The molecule has 0 saturated heterocycles. The molecule has 5 nitrogen and oxygen atoms in total. The Morgan fingerprint density at radius 2 is 2.10 bits per heavy atom. The van der Waals surface area contributed by atoms with Gasteiger partial charge in [-0.1, -0.05) is 6.07 Å². The Balaban J connectivity index is 2.33. The van der Waals surface area contributed by atoms with Gasteiger partial charge in [-0.05, 0) is 47.1 Å². The van der Waals surface area contributed by atoms with Crippen molar-refractivity contribution in [1.82, 2.24) is 9.71 Å². The Morgan fingerprint density at radius 1 is 1.38 bits per heavy atom. The van der Waals surface area contributed by atoms with Crippen molar-refractivity contribution < 1.29 is 12.8 Å². The van der Waals surface area contributed by atoms with E-state index >= 15 is 0 Å². The maximum Gasteiger partial charge on any atom is 0.244 e. The first-order valence-corrected chi connectivity index (χ1v) is 8.26. The molecule has 0 saturated carbocycles. The van der Waals surface area contributed by atoms with Crippen LogP contribution in [0.1, 0.15) is 18.7 Å². The second-order valence-corrected chi connectivity index (χ2v) is 6.94. The first kappa shape index (κ1) is 15.9.